The van der Waals surface area contributed by atoms with Gasteiger partial charge in [0.2, 0.25) is 0 Å². The molecule has 9 atom stereocenters. The van der Waals surface area contributed by atoms with Crippen LogP contribution in [-0.4, -0.2) is 41.7 Å². The summed E-state index contributed by atoms with van der Waals surface area (Å²) in [6.45, 7) is 24.5. The third kappa shape index (κ3) is 6.07. The van der Waals surface area contributed by atoms with Crippen LogP contribution >= 0.6 is 0 Å². The van der Waals surface area contributed by atoms with Gasteiger partial charge in [-0.3, -0.25) is 4.79 Å². The highest BCUT2D eigenvalue weighted by molar-refractivity contribution is 6.01. The number of carbonyl (C=O) groups excluding carboxylic acids is 2. The first-order valence-electron chi connectivity index (χ1n) is 21.6. The van der Waals surface area contributed by atoms with Crippen LogP contribution in [0.4, 0.5) is 0 Å². The molecule has 6 aliphatic carbocycles. The van der Waals surface area contributed by atoms with Crippen LogP contribution < -0.4 is 5.32 Å². The summed E-state index contributed by atoms with van der Waals surface area (Å²) in [5.41, 5.74) is 5.04. The number of ketones is 1. The SMILES string of the molecule is CCC[C@H]1C(c2ccc(C(=O)OC(C)(C)C)cc2)=CC[C@]2(C)[C@H]3CC[C@]4(C)C5=C(C(C)C)C(=O)C[C@]5([C@@H](O)CNCC5CC5)CC[C@@]4(C)[C@]3(C)CC[C@@H]12. The number of benzene rings is 1. The molecule has 292 valence electrons. The van der Waals surface area contributed by atoms with Gasteiger partial charge in [-0.2, -0.15) is 0 Å². The highest BCUT2D eigenvalue weighted by atomic mass is 16.6. The monoisotopic (exact) mass is 726 g/mol. The lowest BCUT2D eigenvalue weighted by atomic mass is 9.30. The molecule has 1 aromatic carbocycles. The summed E-state index contributed by atoms with van der Waals surface area (Å²) < 4.78 is 5.67. The predicted octanol–water partition coefficient (Wildman–Crippen LogP) is 10.8. The van der Waals surface area contributed by atoms with E-state index in [1.54, 1.807) is 0 Å². The van der Waals surface area contributed by atoms with Gasteiger partial charge in [0.25, 0.3) is 0 Å². The zero-order valence-corrected chi connectivity index (χ0v) is 34.9. The van der Waals surface area contributed by atoms with Gasteiger partial charge in [-0.05, 0) is 177 Å². The van der Waals surface area contributed by atoms with E-state index < -0.39 is 17.1 Å². The Balaban J connectivity index is 1.22. The maximum absolute atomic E-state index is 14.1. The number of hydrogen-bond donors (Lipinski definition) is 2. The molecule has 0 aliphatic heterocycles. The predicted molar refractivity (Wildman–Crippen MR) is 215 cm³/mol. The van der Waals surface area contributed by atoms with E-state index in [0.29, 0.717) is 42.1 Å². The van der Waals surface area contributed by atoms with Gasteiger partial charge < -0.3 is 15.2 Å². The summed E-state index contributed by atoms with van der Waals surface area (Å²) in [6, 6.07) is 8.23. The molecule has 0 amide bonds. The number of aliphatic hydroxyl groups excluding tert-OH is 1. The van der Waals surface area contributed by atoms with E-state index in [-0.39, 0.29) is 33.5 Å². The van der Waals surface area contributed by atoms with E-state index in [9.17, 15) is 14.7 Å². The molecule has 4 saturated carbocycles. The van der Waals surface area contributed by atoms with Crippen molar-refractivity contribution < 1.29 is 19.4 Å². The molecule has 53 heavy (non-hydrogen) atoms. The Kier molecular flexibility index (Phi) is 9.91. The number of hydrogen-bond acceptors (Lipinski definition) is 5. The van der Waals surface area contributed by atoms with Crippen molar-refractivity contribution in [2.45, 2.75) is 158 Å². The third-order valence-corrected chi connectivity index (χ3v) is 16.7. The summed E-state index contributed by atoms with van der Waals surface area (Å²) in [5, 5.41) is 15.8. The molecule has 6 aliphatic rings. The van der Waals surface area contributed by atoms with Crippen LogP contribution in [0.2, 0.25) is 0 Å². The second-order valence-corrected chi connectivity index (χ2v) is 21.0. The summed E-state index contributed by atoms with van der Waals surface area (Å²) in [7, 11) is 0. The molecule has 1 aromatic rings. The number of nitrogens with one attached hydrogen (secondary N) is 1. The number of rotatable bonds is 10. The van der Waals surface area contributed by atoms with Crippen molar-refractivity contribution in [3.05, 3.63) is 52.6 Å². The van der Waals surface area contributed by atoms with Crippen LogP contribution in [0, 0.1) is 56.7 Å². The molecular weight excluding hydrogens is 655 g/mol. The molecule has 0 heterocycles. The number of fused-ring (bicyclic) bond motifs is 7. The van der Waals surface area contributed by atoms with E-state index in [1.807, 2.05) is 32.9 Å². The first-order chi connectivity index (χ1) is 24.8. The molecule has 5 nitrogen and oxygen atoms in total. The molecule has 4 fully saturated rings. The molecule has 0 saturated heterocycles. The lowest BCUT2D eigenvalue weighted by Crippen LogP contribution is -2.67. The second-order valence-electron chi connectivity index (χ2n) is 21.0. The standard InChI is InChI=1S/C48H71NO4/c1-11-12-35-34(32-15-17-33(18-16-32)42(52)53-43(4,5)6)19-22-44(7)36(35)20-23-45(8)38(44)21-24-46(9)41-40(30(2)3)37(50)27-48(41,26-25-47(45,46)10)39(51)29-49-28-31-13-14-31/h15-19,30-31,35-36,38-39,49,51H,11-14,20-29H2,1-10H3/t35-,36-,38+,39-,44-,45+,46+,47-,48-/m0/s1. The average molecular weight is 726 g/mol. The maximum Gasteiger partial charge on any atom is 0.338 e. The number of allylic oxidation sites excluding steroid dienone is 3. The summed E-state index contributed by atoms with van der Waals surface area (Å²) in [5.74, 6) is 2.67. The van der Waals surface area contributed by atoms with Crippen molar-refractivity contribution in [1.29, 1.82) is 0 Å². The van der Waals surface area contributed by atoms with Crippen LogP contribution in [0.3, 0.4) is 0 Å². The number of Topliss-reactive ketones (excluding diaryl/α,β-unsaturated/α-hetero) is 1. The van der Waals surface area contributed by atoms with Gasteiger partial charge in [0, 0.05) is 18.4 Å². The molecule has 0 spiro atoms. The quantitative estimate of drug-likeness (QED) is 0.235. The largest absolute Gasteiger partial charge is 0.456 e. The van der Waals surface area contributed by atoms with E-state index in [2.05, 4.69) is 72.0 Å². The zero-order chi connectivity index (χ0) is 38.4. The topological polar surface area (TPSA) is 75.6 Å². The Bertz CT molecular complexity index is 1660. The Morgan fingerprint density at radius 3 is 2.30 bits per heavy atom. The highest BCUT2D eigenvalue weighted by Crippen LogP contribution is 2.80. The highest BCUT2D eigenvalue weighted by Gasteiger charge is 2.73. The number of esters is 1. The maximum atomic E-state index is 14.1. The minimum atomic E-state index is -0.536. The van der Waals surface area contributed by atoms with Crippen molar-refractivity contribution in [2.75, 3.05) is 13.1 Å². The van der Waals surface area contributed by atoms with Gasteiger partial charge in [0.1, 0.15) is 5.60 Å². The Labute approximate surface area is 321 Å². The first-order valence-corrected chi connectivity index (χ1v) is 21.6. The van der Waals surface area contributed by atoms with E-state index in [1.165, 1.54) is 55.2 Å². The van der Waals surface area contributed by atoms with E-state index in [4.69, 9.17) is 4.74 Å². The van der Waals surface area contributed by atoms with Crippen molar-refractivity contribution in [3.63, 3.8) is 0 Å². The summed E-state index contributed by atoms with van der Waals surface area (Å²) in [6.07, 6.45) is 15.2. The van der Waals surface area contributed by atoms with Crippen LogP contribution in [0.15, 0.2) is 41.5 Å². The van der Waals surface area contributed by atoms with E-state index in [0.717, 1.165) is 50.1 Å². The van der Waals surface area contributed by atoms with Crippen molar-refractivity contribution in [2.24, 2.45) is 56.7 Å². The normalized spacial score (nSPS) is 38.8. The smallest absolute Gasteiger partial charge is 0.338 e. The molecule has 2 N–H and O–H groups in total. The van der Waals surface area contributed by atoms with Crippen LogP contribution in [0.5, 0.6) is 0 Å². The third-order valence-electron chi connectivity index (χ3n) is 16.7. The minimum absolute atomic E-state index is 0.0311. The minimum Gasteiger partial charge on any atom is -0.456 e. The van der Waals surface area contributed by atoms with Gasteiger partial charge in [-0.1, -0.05) is 73.1 Å². The molecule has 5 heteroatoms. The zero-order valence-electron chi connectivity index (χ0n) is 34.9. The molecule has 7 rings (SSSR count). The van der Waals surface area contributed by atoms with Crippen molar-refractivity contribution in [1.82, 2.24) is 5.32 Å². The van der Waals surface area contributed by atoms with Gasteiger partial charge >= 0.3 is 5.97 Å². The number of ether oxygens (including phenoxy) is 1. The van der Waals surface area contributed by atoms with Gasteiger partial charge in [0.05, 0.1) is 11.7 Å². The number of carbonyl (C=O) groups is 2. The average Bonchev–Trinajstić information content (AvgIpc) is 3.85. The summed E-state index contributed by atoms with van der Waals surface area (Å²) >= 11 is 0. The van der Waals surface area contributed by atoms with Crippen LogP contribution in [0.25, 0.3) is 5.57 Å². The summed E-state index contributed by atoms with van der Waals surface area (Å²) in [4.78, 5) is 27.0. The molecule has 0 aromatic heterocycles. The number of aliphatic hydroxyl groups is 1. The lowest BCUT2D eigenvalue weighted by Gasteiger charge is -2.74. The Hall–Kier alpha value is -2.24. The molecule has 0 bridgehead atoms. The molecule has 0 unspecified atom stereocenters. The van der Waals surface area contributed by atoms with Gasteiger partial charge in [0.15, 0.2) is 5.78 Å². The van der Waals surface area contributed by atoms with Crippen molar-refractivity contribution in [3.8, 4) is 0 Å². The first kappa shape index (κ1) is 39.0. The van der Waals surface area contributed by atoms with Crippen molar-refractivity contribution >= 4 is 17.3 Å². The fraction of sp³-hybridized carbons (Fsp3) is 0.750. The fourth-order valence-electron chi connectivity index (χ4n) is 13.8. The van der Waals surface area contributed by atoms with Crippen LogP contribution in [-0.2, 0) is 9.53 Å². The molecule has 0 radical (unpaired) electrons. The Morgan fingerprint density at radius 2 is 1.68 bits per heavy atom. The second kappa shape index (κ2) is 13.5. The van der Waals surface area contributed by atoms with E-state index >= 15 is 0 Å². The Morgan fingerprint density at radius 1 is 0.981 bits per heavy atom. The van der Waals surface area contributed by atoms with Gasteiger partial charge in [-0.15, -0.1) is 0 Å². The van der Waals surface area contributed by atoms with Crippen LogP contribution in [0.1, 0.15) is 162 Å². The fourth-order valence-corrected chi connectivity index (χ4v) is 13.8. The lowest BCUT2D eigenvalue weighted by molar-refractivity contribution is -0.223. The molecular formula is C48H71NO4. The van der Waals surface area contributed by atoms with Gasteiger partial charge in [-0.25, -0.2) is 4.79 Å².